The molecule has 1 N–H and O–H groups in total. The van der Waals surface area contributed by atoms with Crippen molar-refractivity contribution in [2.45, 2.75) is 25.7 Å². The number of nitrogens with zero attached hydrogens (tertiary/aromatic N) is 2. The fourth-order valence-electron chi connectivity index (χ4n) is 2.68. The van der Waals surface area contributed by atoms with Crippen LogP contribution in [0, 0.1) is 5.92 Å². The minimum Gasteiger partial charge on any atom is -0.497 e. The number of nitrogens with one attached hydrogen (secondary N) is 1. The zero-order valence-electron chi connectivity index (χ0n) is 12.7. The summed E-state index contributed by atoms with van der Waals surface area (Å²) in [5.41, 5.74) is 1.16. The molecule has 0 radical (unpaired) electrons. The third-order valence-corrected chi connectivity index (χ3v) is 3.96. The van der Waals surface area contributed by atoms with E-state index < -0.39 is 0 Å². The van der Waals surface area contributed by atoms with Gasteiger partial charge in [-0.15, -0.1) is 12.4 Å². The van der Waals surface area contributed by atoms with Crippen LogP contribution in [0.15, 0.2) is 28.8 Å². The first-order valence-corrected chi connectivity index (χ1v) is 7.48. The van der Waals surface area contributed by atoms with Gasteiger partial charge in [0.2, 0.25) is 5.89 Å². The molecule has 0 aliphatic carbocycles. The Morgan fingerprint density at radius 1 is 1.32 bits per heavy atom. The Balaban J connectivity index is 0.00000176. The number of hydrogen-bond acceptors (Lipinski definition) is 5. The smallest absolute Gasteiger partial charge is 0.226 e. The van der Waals surface area contributed by atoms with Crippen LogP contribution in [0.5, 0.6) is 5.75 Å². The largest absolute Gasteiger partial charge is 0.497 e. The monoisotopic (exact) mass is 323 g/mol. The summed E-state index contributed by atoms with van der Waals surface area (Å²) < 4.78 is 10.5. The lowest BCUT2D eigenvalue weighted by molar-refractivity contribution is 0.361. The van der Waals surface area contributed by atoms with Crippen LogP contribution in [0.2, 0.25) is 0 Å². The molecule has 1 fully saturated rings. The van der Waals surface area contributed by atoms with E-state index in [0.717, 1.165) is 54.9 Å². The van der Waals surface area contributed by atoms with Crippen molar-refractivity contribution >= 4 is 12.4 Å². The number of aryl methyl sites for hydroxylation is 1. The molecule has 1 saturated heterocycles. The molecule has 2 heterocycles. The number of ether oxygens (including phenoxy) is 1. The van der Waals surface area contributed by atoms with Crippen LogP contribution in [0.3, 0.4) is 0 Å². The highest BCUT2D eigenvalue weighted by molar-refractivity contribution is 5.85. The Morgan fingerprint density at radius 3 is 2.82 bits per heavy atom. The predicted molar refractivity (Wildman–Crippen MR) is 86.6 cm³/mol. The van der Waals surface area contributed by atoms with Crippen molar-refractivity contribution in [1.82, 2.24) is 15.5 Å². The van der Waals surface area contributed by atoms with Crippen molar-refractivity contribution in [2.24, 2.45) is 5.92 Å². The number of rotatable bonds is 6. The van der Waals surface area contributed by atoms with E-state index in [1.165, 1.54) is 6.42 Å². The number of halogens is 1. The molecule has 0 bridgehead atoms. The van der Waals surface area contributed by atoms with Gasteiger partial charge in [-0.2, -0.15) is 4.98 Å². The minimum atomic E-state index is 0. The SMILES string of the molecule is COc1ccc(Cc2noc(CCC3CCNC3)n2)cc1.Cl. The van der Waals surface area contributed by atoms with Gasteiger partial charge in [0.25, 0.3) is 0 Å². The average molecular weight is 324 g/mol. The summed E-state index contributed by atoms with van der Waals surface area (Å²) in [4.78, 5) is 4.48. The number of methoxy groups -OCH3 is 1. The Kier molecular flexibility index (Phi) is 6.21. The van der Waals surface area contributed by atoms with Crippen LogP contribution in [-0.4, -0.2) is 30.3 Å². The summed E-state index contributed by atoms with van der Waals surface area (Å²) in [5.74, 6) is 3.12. The Morgan fingerprint density at radius 2 is 2.14 bits per heavy atom. The van der Waals surface area contributed by atoms with E-state index in [1.807, 2.05) is 24.3 Å². The van der Waals surface area contributed by atoms with Crippen molar-refractivity contribution in [1.29, 1.82) is 0 Å². The number of benzene rings is 1. The highest BCUT2D eigenvalue weighted by Gasteiger charge is 2.16. The first-order chi connectivity index (χ1) is 10.3. The van der Waals surface area contributed by atoms with E-state index in [1.54, 1.807) is 7.11 Å². The van der Waals surface area contributed by atoms with Crippen LogP contribution >= 0.6 is 12.4 Å². The van der Waals surface area contributed by atoms with Crippen molar-refractivity contribution in [3.05, 3.63) is 41.5 Å². The van der Waals surface area contributed by atoms with Gasteiger partial charge in [-0.3, -0.25) is 0 Å². The molecule has 0 amide bonds. The maximum Gasteiger partial charge on any atom is 0.226 e. The molecule has 0 saturated carbocycles. The maximum atomic E-state index is 5.34. The lowest BCUT2D eigenvalue weighted by Gasteiger charge is -2.04. The van der Waals surface area contributed by atoms with E-state index in [0.29, 0.717) is 6.42 Å². The summed E-state index contributed by atoms with van der Waals surface area (Å²) in [5, 5.41) is 7.45. The highest BCUT2D eigenvalue weighted by Crippen LogP contribution is 2.16. The van der Waals surface area contributed by atoms with Crippen LogP contribution < -0.4 is 10.1 Å². The fourth-order valence-corrected chi connectivity index (χ4v) is 2.68. The molecule has 0 spiro atoms. The third kappa shape index (κ3) is 4.45. The van der Waals surface area contributed by atoms with Crippen LogP contribution in [0.4, 0.5) is 0 Å². The molecule has 22 heavy (non-hydrogen) atoms. The van der Waals surface area contributed by atoms with Gasteiger partial charge >= 0.3 is 0 Å². The molecule has 2 aromatic rings. The van der Waals surface area contributed by atoms with Crippen molar-refractivity contribution < 1.29 is 9.26 Å². The van der Waals surface area contributed by atoms with Crippen LogP contribution in [-0.2, 0) is 12.8 Å². The number of hydrogen-bond donors (Lipinski definition) is 1. The van der Waals surface area contributed by atoms with Gasteiger partial charge in [-0.25, -0.2) is 0 Å². The molecule has 1 aliphatic heterocycles. The molecule has 1 aromatic heterocycles. The van der Waals surface area contributed by atoms with E-state index >= 15 is 0 Å². The lowest BCUT2D eigenvalue weighted by atomic mass is 10.0. The number of aromatic nitrogens is 2. The van der Waals surface area contributed by atoms with Crippen LogP contribution in [0.1, 0.15) is 30.1 Å². The standard InChI is InChI=1S/C16H21N3O2.ClH/c1-20-14-5-2-12(3-6-14)10-15-18-16(21-19-15)7-4-13-8-9-17-11-13;/h2-3,5-6,13,17H,4,7-11H2,1H3;1H. The van der Waals surface area contributed by atoms with Gasteiger partial charge in [0.05, 0.1) is 7.11 Å². The maximum absolute atomic E-state index is 5.34. The Hall–Kier alpha value is -1.59. The predicted octanol–water partition coefficient (Wildman–Crippen LogP) is 2.63. The second-order valence-electron chi connectivity index (χ2n) is 5.53. The van der Waals surface area contributed by atoms with E-state index in [-0.39, 0.29) is 12.4 Å². The van der Waals surface area contributed by atoms with Crippen molar-refractivity contribution in [3.63, 3.8) is 0 Å². The summed E-state index contributed by atoms with van der Waals surface area (Å²) >= 11 is 0. The molecule has 5 nitrogen and oxygen atoms in total. The molecule has 1 unspecified atom stereocenters. The van der Waals surface area contributed by atoms with Gasteiger partial charge in [0.1, 0.15) is 5.75 Å². The van der Waals surface area contributed by atoms with E-state index in [4.69, 9.17) is 9.26 Å². The average Bonchev–Trinajstić information content (AvgIpc) is 3.17. The quantitative estimate of drug-likeness (QED) is 0.885. The molecular weight excluding hydrogens is 302 g/mol. The molecule has 120 valence electrons. The normalized spacial score (nSPS) is 17.2. The van der Waals surface area contributed by atoms with Crippen molar-refractivity contribution in [3.8, 4) is 5.75 Å². The van der Waals surface area contributed by atoms with Gasteiger partial charge in [0, 0.05) is 12.8 Å². The van der Waals surface area contributed by atoms with Gasteiger partial charge < -0.3 is 14.6 Å². The highest BCUT2D eigenvalue weighted by atomic mass is 35.5. The van der Waals surface area contributed by atoms with E-state index in [2.05, 4.69) is 15.5 Å². The Bertz CT molecular complexity index is 565. The summed E-state index contributed by atoms with van der Waals surface area (Å²) in [6.45, 7) is 2.25. The zero-order valence-corrected chi connectivity index (χ0v) is 13.6. The third-order valence-electron chi connectivity index (χ3n) is 3.96. The summed E-state index contributed by atoms with van der Waals surface area (Å²) in [6.07, 6.45) is 3.95. The fraction of sp³-hybridized carbons (Fsp3) is 0.500. The van der Waals surface area contributed by atoms with Gasteiger partial charge in [0.15, 0.2) is 5.82 Å². The second kappa shape index (κ2) is 8.15. The van der Waals surface area contributed by atoms with Gasteiger partial charge in [-0.1, -0.05) is 17.3 Å². The summed E-state index contributed by atoms with van der Waals surface area (Å²) in [7, 11) is 1.67. The minimum absolute atomic E-state index is 0. The molecule has 1 atom stereocenters. The molecule has 3 rings (SSSR count). The van der Waals surface area contributed by atoms with Crippen LogP contribution in [0.25, 0.3) is 0 Å². The van der Waals surface area contributed by atoms with Gasteiger partial charge in [-0.05, 0) is 49.5 Å². The second-order valence-corrected chi connectivity index (χ2v) is 5.53. The molecule has 6 heteroatoms. The molecular formula is C16H22ClN3O2. The lowest BCUT2D eigenvalue weighted by Crippen LogP contribution is -2.09. The molecule has 1 aliphatic rings. The Labute approximate surface area is 136 Å². The first kappa shape index (κ1) is 16.8. The van der Waals surface area contributed by atoms with E-state index in [9.17, 15) is 0 Å². The zero-order chi connectivity index (χ0) is 14.5. The van der Waals surface area contributed by atoms with Crippen molar-refractivity contribution in [2.75, 3.05) is 20.2 Å². The topological polar surface area (TPSA) is 60.2 Å². The molecule has 1 aromatic carbocycles. The summed E-state index contributed by atoms with van der Waals surface area (Å²) in [6, 6.07) is 7.95. The first-order valence-electron chi connectivity index (χ1n) is 7.48.